The van der Waals surface area contributed by atoms with E-state index in [-0.39, 0.29) is 5.41 Å². The fourth-order valence-electron chi connectivity index (χ4n) is 2.79. The van der Waals surface area contributed by atoms with Gasteiger partial charge in [0.1, 0.15) is 0 Å². The third-order valence-corrected chi connectivity index (χ3v) is 3.93. The Morgan fingerprint density at radius 2 is 1.90 bits per heavy atom. The minimum Gasteiger partial charge on any atom is -0.381 e. The molecule has 1 aromatic heterocycles. The van der Waals surface area contributed by atoms with Crippen LogP contribution in [0.15, 0.2) is 34.9 Å². The van der Waals surface area contributed by atoms with Crippen LogP contribution in [0.3, 0.4) is 0 Å². The Hall–Kier alpha value is -1.72. The predicted molar refractivity (Wildman–Crippen MR) is 74.3 cm³/mol. The molecule has 1 aliphatic heterocycles. The molecule has 3 rings (SSSR count). The molecular formula is C15H19N3O2. The van der Waals surface area contributed by atoms with Crippen molar-refractivity contribution < 1.29 is 9.26 Å². The molecule has 0 saturated carbocycles. The largest absolute Gasteiger partial charge is 0.381 e. The Kier molecular flexibility index (Phi) is 3.80. The van der Waals surface area contributed by atoms with Gasteiger partial charge in [-0.05, 0) is 18.4 Å². The molecule has 0 spiro atoms. The quantitative estimate of drug-likeness (QED) is 0.917. The Bertz CT molecular complexity index is 547. The van der Waals surface area contributed by atoms with Crippen LogP contribution < -0.4 is 5.73 Å². The average molecular weight is 273 g/mol. The lowest BCUT2D eigenvalue weighted by atomic mass is 9.73. The summed E-state index contributed by atoms with van der Waals surface area (Å²) < 4.78 is 10.8. The van der Waals surface area contributed by atoms with Gasteiger partial charge in [0.05, 0.1) is 5.41 Å². The van der Waals surface area contributed by atoms with Crippen LogP contribution in [-0.2, 0) is 16.6 Å². The Morgan fingerprint density at radius 1 is 1.15 bits per heavy atom. The molecule has 5 nitrogen and oxygen atoms in total. The summed E-state index contributed by atoms with van der Waals surface area (Å²) in [6.45, 7) is 1.95. The third kappa shape index (κ3) is 2.34. The summed E-state index contributed by atoms with van der Waals surface area (Å²) in [5.74, 6) is 1.37. The van der Waals surface area contributed by atoms with Gasteiger partial charge in [0.25, 0.3) is 0 Å². The normalized spacial score (nSPS) is 18.1. The molecular weight excluding hydrogens is 254 g/mol. The van der Waals surface area contributed by atoms with E-state index < -0.39 is 0 Å². The fourth-order valence-corrected chi connectivity index (χ4v) is 2.79. The Morgan fingerprint density at radius 3 is 2.60 bits per heavy atom. The second kappa shape index (κ2) is 5.73. The molecule has 106 valence electrons. The second-order valence-corrected chi connectivity index (χ2v) is 5.11. The highest BCUT2D eigenvalue weighted by Gasteiger charge is 2.40. The standard InChI is InChI=1S/C15H19N3O2/c16-9-6-13-17-14(18-20-13)15(7-10-19-11-8-15)12-4-2-1-3-5-12/h1-5H,6-11,16H2. The summed E-state index contributed by atoms with van der Waals surface area (Å²) in [5, 5.41) is 4.21. The lowest BCUT2D eigenvalue weighted by molar-refractivity contribution is 0.0597. The monoisotopic (exact) mass is 273 g/mol. The minimum absolute atomic E-state index is 0.199. The van der Waals surface area contributed by atoms with Gasteiger partial charge in [-0.15, -0.1) is 0 Å². The van der Waals surface area contributed by atoms with E-state index in [1.807, 2.05) is 18.2 Å². The lowest BCUT2D eigenvalue weighted by Gasteiger charge is -2.34. The Balaban J connectivity index is 2.00. The van der Waals surface area contributed by atoms with Crippen LogP contribution in [0.4, 0.5) is 0 Å². The molecule has 2 heterocycles. The molecule has 5 heteroatoms. The highest BCUT2D eigenvalue weighted by Crippen LogP contribution is 2.39. The number of rotatable bonds is 4. The molecule has 0 aliphatic carbocycles. The first-order valence-corrected chi connectivity index (χ1v) is 7.01. The highest BCUT2D eigenvalue weighted by molar-refractivity contribution is 5.33. The smallest absolute Gasteiger partial charge is 0.227 e. The summed E-state index contributed by atoms with van der Waals surface area (Å²) in [6, 6.07) is 10.4. The van der Waals surface area contributed by atoms with Crippen molar-refractivity contribution in [2.24, 2.45) is 5.73 Å². The van der Waals surface area contributed by atoms with Crippen LogP contribution in [0.5, 0.6) is 0 Å². The van der Waals surface area contributed by atoms with E-state index in [4.69, 9.17) is 15.0 Å². The molecule has 2 aromatic rings. The number of ether oxygens (including phenoxy) is 1. The highest BCUT2D eigenvalue weighted by atomic mass is 16.5. The van der Waals surface area contributed by atoms with E-state index in [0.717, 1.165) is 31.9 Å². The first-order chi connectivity index (χ1) is 9.85. The van der Waals surface area contributed by atoms with Gasteiger partial charge in [0, 0.05) is 26.2 Å². The predicted octanol–water partition coefficient (Wildman–Crippen LogP) is 1.67. The summed E-state index contributed by atoms with van der Waals surface area (Å²) in [5.41, 5.74) is 6.57. The molecule has 1 aromatic carbocycles. The molecule has 1 saturated heterocycles. The van der Waals surface area contributed by atoms with Gasteiger partial charge >= 0.3 is 0 Å². The number of benzene rings is 1. The molecule has 0 atom stereocenters. The van der Waals surface area contributed by atoms with E-state index in [2.05, 4.69) is 22.3 Å². The first-order valence-electron chi connectivity index (χ1n) is 7.01. The van der Waals surface area contributed by atoms with Crippen LogP contribution in [0, 0.1) is 0 Å². The van der Waals surface area contributed by atoms with Crippen LogP contribution in [0.2, 0.25) is 0 Å². The van der Waals surface area contributed by atoms with E-state index in [1.165, 1.54) is 5.56 Å². The molecule has 20 heavy (non-hydrogen) atoms. The maximum atomic E-state index is 5.54. The zero-order valence-corrected chi connectivity index (χ0v) is 11.4. The number of aromatic nitrogens is 2. The van der Waals surface area contributed by atoms with Crippen molar-refractivity contribution in [1.29, 1.82) is 0 Å². The summed E-state index contributed by atoms with van der Waals surface area (Å²) in [6.07, 6.45) is 2.37. The molecule has 0 unspecified atom stereocenters. The maximum absolute atomic E-state index is 5.54. The Labute approximate surface area is 118 Å². The summed E-state index contributed by atoms with van der Waals surface area (Å²) in [7, 11) is 0. The summed E-state index contributed by atoms with van der Waals surface area (Å²) in [4.78, 5) is 4.56. The van der Waals surface area contributed by atoms with Crippen LogP contribution in [0.1, 0.15) is 30.1 Å². The van der Waals surface area contributed by atoms with Crippen molar-refractivity contribution in [2.45, 2.75) is 24.7 Å². The molecule has 1 aliphatic rings. The molecule has 0 bridgehead atoms. The van der Waals surface area contributed by atoms with Crippen molar-refractivity contribution in [2.75, 3.05) is 19.8 Å². The van der Waals surface area contributed by atoms with Gasteiger partial charge < -0.3 is 15.0 Å². The van der Waals surface area contributed by atoms with Crippen molar-refractivity contribution in [1.82, 2.24) is 10.1 Å². The topological polar surface area (TPSA) is 74.2 Å². The van der Waals surface area contributed by atoms with Gasteiger partial charge in [-0.3, -0.25) is 0 Å². The number of nitrogens with two attached hydrogens (primary N) is 1. The fraction of sp³-hybridized carbons (Fsp3) is 0.467. The van der Waals surface area contributed by atoms with Crippen LogP contribution in [-0.4, -0.2) is 29.9 Å². The van der Waals surface area contributed by atoms with Gasteiger partial charge in [0.15, 0.2) is 5.82 Å². The van der Waals surface area contributed by atoms with Crippen molar-refractivity contribution >= 4 is 0 Å². The van der Waals surface area contributed by atoms with Gasteiger partial charge in [-0.25, -0.2) is 0 Å². The summed E-state index contributed by atoms with van der Waals surface area (Å²) >= 11 is 0. The van der Waals surface area contributed by atoms with E-state index in [9.17, 15) is 0 Å². The SMILES string of the molecule is NCCc1nc(C2(c3ccccc3)CCOCC2)no1. The molecule has 1 fully saturated rings. The van der Waals surface area contributed by atoms with Crippen LogP contribution >= 0.6 is 0 Å². The van der Waals surface area contributed by atoms with E-state index >= 15 is 0 Å². The van der Waals surface area contributed by atoms with Crippen molar-refractivity contribution in [3.8, 4) is 0 Å². The maximum Gasteiger partial charge on any atom is 0.227 e. The van der Waals surface area contributed by atoms with E-state index in [1.54, 1.807) is 0 Å². The van der Waals surface area contributed by atoms with Gasteiger partial charge in [-0.1, -0.05) is 35.5 Å². The molecule has 0 amide bonds. The van der Waals surface area contributed by atoms with E-state index in [0.29, 0.717) is 18.9 Å². The first kappa shape index (κ1) is 13.3. The number of hydrogen-bond acceptors (Lipinski definition) is 5. The zero-order chi connectivity index (χ0) is 13.8. The molecule has 0 radical (unpaired) electrons. The van der Waals surface area contributed by atoms with Crippen molar-refractivity contribution in [3.63, 3.8) is 0 Å². The van der Waals surface area contributed by atoms with Gasteiger partial charge in [-0.2, -0.15) is 4.98 Å². The minimum atomic E-state index is -0.199. The van der Waals surface area contributed by atoms with Crippen LogP contribution in [0.25, 0.3) is 0 Å². The average Bonchev–Trinajstić information content (AvgIpc) is 2.98. The van der Waals surface area contributed by atoms with Gasteiger partial charge in [0.2, 0.25) is 5.89 Å². The molecule has 2 N–H and O–H groups in total. The number of nitrogens with zero attached hydrogens (tertiary/aromatic N) is 2. The zero-order valence-electron chi connectivity index (χ0n) is 11.4. The number of hydrogen-bond donors (Lipinski definition) is 1. The van der Waals surface area contributed by atoms with Crippen molar-refractivity contribution in [3.05, 3.63) is 47.6 Å². The second-order valence-electron chi connectivity index (χ2n) is 5.11. The lowest BCUT2D eigenvalue weighted by Crippen LogP contribution is -2.36. The third-order valence-electron chi connectivity index (χ3n) is 3.93.